The van der Waals surface area contributed by atoms with E-state index in [4.69, 9.17) is 32.7 Å². The quantitative estimate of drug-likeness (QED) is 0.283. The second kappa shape index (κ2) is 14.4. The molecule has 0 aromatic heterocycles. The van der Waals surface area contributed by atoms with Crippen molar-refractivity contribution in [2.75, 3.05) is 31.6 Å². The van der Waals surface area contributed by atoms with E-state index in [9.17, 15) is 18.0 Å². The molecule has 3 aromatic rings. The first-order chi connectivity index (χ1) is 19.6. The highest BCUT2D eigenvalue weighted by Crippen LogP contribution is 2.32. The number of hydrogen-bond donors (Lipinski definition) is 1. The molecule has 0 aliphatic carbocycles. The van der Waals surface area contributed by atoms with Gasteiger partial charge in [0.1, 0.15) is 12.6 Å². The van der Waals surface area contributed by atoms with E-state index in [1.165, 1.54) is 37.3 Å². The minimum Gasteiger partial charge on any atom is -0.493 e. The van der Waals surface area contributed by atoms with E-state index in [-0.39, 0.29) is 35.2 Å². The van der Waals surface area contributed by atoms with E-state index in [1.54, 1.807) is 62.4 Å². The van der Waals surface area contributed by atoms with Gasteiger partial charge in [0.2, 0.25) is 11.8 Å². The Kier molecular flexibility index (Phi) is 11.3. The Balaban J connectivity index is 2.09. The number of nitrogens with one attached hydrogen (secondary N) is 1. The first-order valence-corrected chi connectivity index (χ1v) is 15.1. The zero-order valence-corrected chi connectivity index (χ0v) is 25.6. The summed E-state index contributed by atoms with van der Waals surface area (Å²) in [6.07, 6.45) is 0.288. The molecule has 0 saturated heterocycles. The van der Waals surface area contributed by atoms with Gasteiger partial charge in [0.15, 0.2) is 11.5 Å². The highest BCUT2D eigenvalue weighted by atomic mass is 35.5. The number of methoxy groups -OCH3 is 2. The molecule has 3 rings (SSSR count). The first kappa shape index (κ1) is 32.0. The normalized spacial score (nSPS) is 11.9. The van der Waals surface area contributed by atoms with Gasteiger partial charge in [0.25, 0.3) is 10.0 Å². The molecule has 0 unspecified atom stereocenters. The summed E-state index contributed by atoms with van der Waals surface area (Å²) in [6, 6.07) is 16.4. The SMILES string of the molecule is CCNC(=O)[C@@H](CC)N(Cc1ccc(Cl)cc1Cl)C(=O)CN(c1ccccc1)S(=O)(=O)c1ccc(OC)c(OC)c1. The number of benzene rings is 3. The number of para-hydroxylation sites is 1. The fourth-order valence-corrected chi connectivity index (χ4v) is 6.17. The lowest BCUT2D eigenvalue weighted by atomic mass is 10.1. The van der Waals surface area contributed by atoms with Crippen LogP contribution in [0.15, 0.2) is 71.6 Å². The van der Waals surface area contributed by atoms with E-state index in [1.807, 2.05) is 0 Å². The summed E-state index contributed by atoms with van der Waals surface area (Å²) in [5.74, 6) is -0.383. The minimum absolute atomic E-state index is 0.0382. The van der Waals surface area contributed by atoms with Crippen molar-refractivity contribution in [1.29, 1.82) is 0 Å². The van der Waals surface area contributed by atoms with Crippen LogP contribution >= 0.6 is 23.2 Å². The Morgan fingerprint density at radius 1 is 0.927 bits per heavy atom. The third kappa shape index (κ3) is 7.63. The van der Waals surface area contributed by atoms with Crippen molar-refractivity contribution in [1.82, 2.24) is 10.2 Å². The van der Waals surface area contributed by atoms with Crippen molar-refractivity contribution in [3.8, 4) is 11.5 Å². The standard InChI is InChI=1S/C29H33Cl2N3O6S/c1-5-25(29(36)32-6-2)33(18-20-12-13-21(30)16-24(20)31)28(35)19-34(22-10-8-7-9-11-22)41(37,38)23-14-15-26(39-3)27(17-23)40-4/h7-17,25H,5-6,18-19H2,1-4H3,(H,32,36)/t25-/m1/s1. The Bertz CT molecular complexity index is 1470. The summed E-state index contributed by atoms with van der Waals surface area (Å²) < 4.78 is 39.6. The monoisotopic (exact) mass is 621 g/mol. The number of hydrogen-bond acceptors (Lipinski definition) is 6. The Labute approximate surface area is 251 Å². The molecule has 1 atom stereocenters. The zero-order valence-electron chi connectivity index (χ0n) is 23.3. The van der Waals surface area contributed by atoms with Gasteiger partial charge in [-0.2, -0.15) is 0 Å². The van der Waals surface area contributed by atoms with Crippen LogP contribution in [0.1, 0.15) is 25.8 Å². The van der Waals surface area contributed by atoms with E-state index in [0.717, 1.165) is 4.31 Å². The van der Waals surface area contributed by atoms with Crippen LogP contribution in [0.2, 0.25) is 10.0 Å². The molecule has 3 aromatic carbocycles. The van der Waals surface area contributed by atoms with Crippen LogP contribution < -0.4 is 19.1 Å². The van der Waals surface area contributed by atoms with Crippen LogP contribution in [0.5, 0.6) is 11.5 Å². The molecule has 0 bridgehead atoms. The molecule has 0 aliphatic heterocycles. The smallest absolute Gasteiger partial charge is 0.264 e. The van der Waals surface area contributed by atoms with Gasteiger partial charge in [-0.05, 0) is 55.3 Å². The molecule has 9 nitrogen and oxygen atoms in total. The van der Waals surface area contributed by atoms with Gasteiger partial charge in [0.05, 0.1) is 24.8 Å². The van der Waals surface area contributed by atoms with Gasteiger partial charge >= 0.3 is 0 Å². The zero-order chi connectivity index (χ0) is 30.2. The van der Waals surface area contributed by atoms with Crippen LogP contribution in [0.25, 0.3) is 0 Å². The molecule has 0 heterocycles. The van der Waals surface area contributed by atoms with Gasteiger partial charge in [-0.1, -0.05) is 54.4 Å². The van der Waals surface area contributed by atoms with Gasteiger partial charge in [0, 0.05) is 29.2 Å². The van der Waals surface area contributed by atoms with Crippen molar-refractivity contribution in [3.05, 3.63) is 82.3 Å². The minimum atomic E-state index is -4.28. The number of halogens is 2. The Hall–Kier alpha value is -3.47. The summed E-state index contributed by atoms with van der Waals surface area (Å²) in [6.45, 7) is 3.30. The highest BCUT2D eigenvalue weighted by Gasteiger charge is 2.34. The van der Waals surface area contributed by atoms with Crippen LogP contribution in [-0.2, 0) is 26.2 Å². The van der Waals surface area contributed by atoms with Gasteiger partial charge < -0.3 is 19.7 Å². The van der Waals surface area contributed by atoms with Crippen molar-refractivity contribution in [2.24, 2.45) is 0 Å². The fraction of sp³-hybridized carbons (Fsp3) is 0.310. The Morgan fingerprint density at radius 3 is 2.20 bits per heavy atom. The molecule has 2 amide bonds. The number of carbonyl (C=O) groups excluding carboxylic acids is 2. The average Bonchev–Trinajstić information content (AvgIpc) is 2.96. The molecule has 41 heavy (non-hydrogen) atoms. The molecular weight excluding hydrogens is 589 g/mol. The number of rotatable bonds is 13. The lowest BCUT2D eigenvalue weighted by molar-refractivity contribution is -0.140. The number of ether oxygens (including phenoxy) is 2. The maximum Gasteiger partial charge on any atom is 0.264 e. The number of carbonyl (C=O) groups is 2. The fourth-order valence-electron chi connectivity index (χ4n) is 4.27. The van der Waals surface area contributed by atoms with Gasteiger partial charge in [-0.3, -0.25) is 13.9 Å². The molecule has 220 valence electrons. The van der Waals surface area contributed by atoms with E-state index < -0.39 is 28.5 Å². The Morgan fingerprint density at radius 2 is 1.61 bits per heavy atom. The van der Waals surface area contributed by atoms with Crippen molar-refractivity contribution >= 4 is 50.7 Å². The number of sulfonamides is 1. The van der Waals surface area contributed by atoms with Crippen molar-refractivity contribution in [3.63, 3.8) is 0 Å². The van der Waals surface area contributed by atoms with Gasteiger partial charge in [-0.25, -0.2) is 8.42 Å². The van der Waals surface area contributed by atoms with E-state index in [0.29, 0.717) is 27.9 Å². The lowest BCUT2D eigenvalue weighted by Crippen LogP contribution is -2.52. The third-order valence-electron chi connectivity index (χ3n) is 6.36. The lowest BCUT2D eigenvalue weighted by Gasteiger charge is -2.33. The van der Waals surface area contributed by atoms with Crippen LogP contribution in [0.3, 0.4) is 0 Å². The third-order valence-corrected chi connectivity index (χ3v) is 8.72. The summed E-state index contributed by atoms with van der Waals surface area (Å²) in [5, 5.41) is 3.50. The topological polar surface area (TPSA) is 105 Å². The summed E-state index contributed by atoms with van der Waals surface area (Å²) in [5.41, 5.74) is 0.826. The second-order valence-corrected chi connectivity index (χ2v) is 11.6. The second-order valence-electron chi connectivity index (χ2n) is 8.94. The largest absolute Gasteiger partial charge is 0.493 e. The molecule has 1 N–H and O–H groups in total. The summed E-state index contributed by atoms with van der Waals surface area (Å²) in [7, 11) is -1.44. The average molecular weight is 623 g/mol. The molecule has 0 fully saturated rings. The highest BCUT2D eigenvalue weighted by molar-refractivity contribution is 7.92. The van der Waals surface area contributed by atoms with E-state index >= 15 is 0 Å². The van der Waals surface area contributed by atoms with Crippen molar-refractivity contribution in [2.45, 2.75) is 37.8 Å². The van der Waals surface area contributed by atoms with Crippen LogP contribution in [-0.4, -0.2) is 58.5 Å². The van der Waals surface area contributed by atoms with Gasteiger partial charge in [-0.15, -0.1) is 0 Å². The van der Waals surface area contributed by atoms with Crippen LogP contribution in [0.4, 0.5) is 5.69 Å². The number of likely N-dealkylation sites (N-methyl/N-ethyl adjacent to an activating group) is 1. The predicted octanol–water partition coefficient (Wildman–Crippen LogP) is 5.15. The summed E-state index contributed by atoms with van der Waals surface area (Å²) >= 11 is 12.5. The number of anilines is 1. The number of nitrogens with zero attached hydrogens (tertiary/aromatic N) is 2. The molecule has 0 radical (unpaired) electrons. The maximum absolute atomic E-state index is 14.0. The molecule has 0 saturated carbocycles. The predicted molar refractivity (Wildman–Crippen MR) is 160 cm³/mol. The molecular formula is C29H33Cl2N3O6S. The molecule has 0 spiro atoms. The van der Waals surface area contributed by atoms with Crippen molar-refractivity contribution < 1.29 is 27.5 Å². The van der Waals surface area contributed by atoms with Crippen LogP contribution in [0, 0.1) is 0 Å². The number of amides is 2. The molecule has 0 aliphatic rings. The first-order valence-electron chi connectivity index (χ1n) is 12.9. The summed E-state index contributed by atoms with van der Waals surface area (Å²) in [4.78, 5) is 28.3. The van der Waals surface area contributed by atoms with E-state index in [2.05, 4.69) is 5.32 Å². The maximum atomic E-state index is 14.0. The molecule has 12 heteroatoms.